The van der Waals surface area contributed by atoms with Crippen molar-refractivity contribution in [2.75, 3.05) is 5.01 Å². The van der Waals surface area contributed by atoms with Crippen LogP contribution in [0.1, 0.15) is 21.6 Å². The number of nitrogens with two attached hydrogens (primary N) is 2. The molecule has 0 unspecified atom stereocenters. The lowest BCUT2D eigenvalue weighted by atomic mass is 10.1. The minimum Gasteiger partial charge on any atom is -0.507 e. The predicted molar refractivity (Wildman–Crippen MR) is 86.1 cm³/mol. The molecule has 0 saturated heterocycles. The van der Waals surface area contributed by atoms with Crippen molar-refractivity contribution < 1.29 is 15.0 Å². The van der Waals surface area contributed by atoms with E-state index >= 15 is 0 Å². The first kappa shape index (κ1) is 15.9. The van der Waals surface area contributed by atoms with Gasteiger partial charge in [-0.1, -0.05) is 5.92 Å². The van der Waals surface area contributed by atoms with Crippen LogP contribution in [0.15, 0.2) is 42.7 Å². The fourth-order valence-corrected chi connectivity index (χ4v) is 1.83. The van der Waals surface area contributed by atoms with E-state index in [0.29, 0.717) is 16.9 Å². The van der Waals surface area contributed by atoms with Crippen molar-refractivity contribution in [1.82, 2.24) is 4.98 Å². The number of carboxylic acid groups (broad SMARTS) is 1. The first-order chi connectivity index (χ1) is 10.9. The molecular weight excluding hydrogens is 296 g/mol. The average molecular weight is 310 g/mol. The Morgan fingerprint density at radius 1 is 1.35 bits per heavy atom. The van der Waals surface area contributed by atoms with E-state index in [4.69, 9.17) is 23.1 Å². The summed E-state index contributed by atoms with van der Waals surface area (Å²) in [6.07, 6.45) is 8.23. The topological polar surface area (TPSA) is 126 Å². The summed E-state index contributed by atoms with van der Waals surface area (Å²) in [5.41, 5.74) is 7.38. The summed E-state index contributed by atoms with van der Waals surface area (Å²) in [5, 5.41) is 19.7. The predicted octanol–water partition coefficient (Wildman–Crippen LogP) is 1.10. The number of hydrogen-bond donors (Lipinski definition) is 4. The molecule has 6 N–H and O–H groups in total. The molecule has 7 heteroatoms. The molecule has 0 spiro atoms. The van der Waals surface area contributed by atoms with E-state index in [0.717, 1.165) is 5.01 Å². The number of phenols is 1. The molecule has 0 fully saturated rings. The van der Waals surface area contributed by atoms with Gasteiger partial charge in [-0.2, -0.15) is 0 Å². The first-order valence-electron chi connectivity index (χ1n) is 6.43. The number of pyridine rings is 1. The van der Waals surface area contributed by atoms with Gasteiger partial charge in [-0.3, -0.25) is 9.99 Å². The lowest BCUT2D eigenvalue weighted by Gasteiger charge is -2.16. The van der Waals surface area contributed by atoms with E-state index in [2.05, 4.69) is 10.9 Å². The number of carbonyl (C=O) groups is 1. The van der Waals surface area contributed by atoms with Crippen molar-refractivity contribution in [3.05, 3.63) is 59.5 Å². The van der Waals surface area contributed by atoms with Gasteiger partial charge in [0.15, 0.2) is 0 Å². The number of hydrogen-bond acceptors (Lipinski definition) is 6. The third kappa shape index (κ3) is 3.58. The Bertz CT molecular complexity index is 824. The zero-order chi connectivity index (χ0) is 17.0. The maximum Gasteiger partial charge on any atom is 0.339 e. The largest absolute Gasteiger partial charge is 0.507 e. The fourth-order valence-electron chi connectivity index (χ4n) is 1.83. The molecule has 1 heterocycles. The Morgan fingerprint density at radius 2 is 2.09 bits per heavy atom. The zero-order valence-corrected chi connectivity index (χ0v) is 12.0. The van der Waals surface area contributed by atoms with Gasteiger partial charge < -0.3 is 15.9 Å². The minimum atomic E-state index is -1.23. The van der Waals surface area contributed by atoms with Crippen molar-refractivity contribution in [3.63, 3.8) is 0 Å². The average Bonchev–Trinajstić information content (AvgIpc) is 2.54. The second kappa shape index (κ2) is 6.51. The highest BCUT2D eigenvalue weighted by Crippen LogP contribution is 2.24. The normalized spacial score (nSPS) is 10.9. The summed E-state index contributed by atoms with van der Waals surface area (Å²) in [6, 6.07) is 7.20. The van der Waals surface area contributed by atoms with E-state index < -0.39 is 11.7 Å². The number of carboxylic acids is 1. The van der Waals surface area contributed by atoms with Gasteiger partial charge >= 0.3 is 5.97 Å². The van der Waals surface area contributed by atoms with E-state index in [1.165, 1.54) is 30.6 Å². The van der Waals surface area contributed by atoms with Gasteiger partial charge in [-0.25, -0.2) is 10.6 Å². The fraction of sp³-hybridized carbons (Fsp3) is 0. The molecule has 7 nitrogen and oxygen atoms in total. The van der Waals surface area contributed by atoms with Gasteiger partial charge in [0.25, 0.3) is 0 Å². The van der Waals surface area contributed by atoms with Crippen LogP contribution in [0.4, 0.5) is 5.69 Å². The first-order valence-corrected chi connectivity index (χ1v) is 6.43. The van der Waals surface area contributed by atoms with Gasteiger partial charge in [0.2, 0.25) is 0 Å². The maximum atomic E-state index is 10.9. The highest BCUT2D eigenvalue weighted by molar-refractivity contribution is 5.91. The molecule has 0 aliphatic heterocycles. The quantitative estimate of drug-likeness (QED) is 0.378. The standard InChI is InChI=1S/C16H14N4O3/c1-2-10-5-6-19-14(7-10)13(17)9-20(18)11-3-4-12(16(22)23)15(21)8-11/h1,3-9,21H,17-18H2,(H,22,23)/b13-9-. The molecule has 0 radical (unpaired) electrons. The highest BCUT2D eigenvalue weighted by atomic mass is 16.4. The maximum absolute atomic E-state index is 10.9. The van der Waals surface area contributed by atoms with Crippen molar-refractivity contribution in [2.24, 2.45) is 11.6 Å². The molecular formula is C16H14N4O3. The number of hydrazine groups is 1. The molecule has 2 rings (SSSR count). The van der Waals surface area contributed by atoms with Crippen LogP contribution in [0, 0.1) is 12.3 Å². The Morgan fingerprint density at radius 3 is 2.70 bits per heavy atom. The van der Waals surface area contributed by atoms with E-state index in [1.54, 1.807) is 12.1 Å². The molecule has 0 aliphatic carbocycles. The third-order valence-corrected chi connectivity index (χ3v) is 3.01. The molecule has 0 bridgehead atoms. The number of aromatic hydroxyl groups is 1. The van der Waals surface area contributed by atoms with Gasteiger partial charge in [0, 0.05) is 24.0 Å². The molecule has 1 aromatic carbocycles. The van der Waals surface area contributed by atoms with Crippen LogP contribution < -0.4 is 16.6 Å². The van der Waals surface area contributed by atoms with Crippen LogP contribution in [0.5, 0.6) is 5.75 Å². The summed E-state index contributed by atoms with van der Waals surface area (Å²) in [6.45, 7) is 0. The van der Waals surface area contributed by atoms with Crippen molar-refractivity contribution in [2.45, 2.75) is 0 Å². The van der Waals surface area contributed by atoms with Gasteiger partial charge in [0.05, 0.1) is 17.1 Å². The summed E-state index contributed by atoms with van der Waals surface area (Å²) in [7, 11) is 0. The van der Waals surface area contributed by atoms with Crippen LogP contribution in [-0.2, 0) is 0 Å². The molecule has 0 aliphatic rings. The van der Waals surface area contributed by atoms with Gasteiger partial charge in [-0.05, 0) is 24.3 Å². The highest BCUT2D eigenvalue weighted by Gasteiger charge is 2.11. The number of nitrogens with zero attached hydrogens (tertiary/aromatic N) is 2. The Labute approximate surface area is 132 Å². The van der Waals surface area contributed by atoms with Crippen molar-refractivity contribution >= 4 is 17.4 Å². The van der Waals surface area contributed by atoms with Crippen LogP contribution in [0.2, 0.25) is 0 Å². The third-order valence-electron chi connectivity index (χ3n) is 3.01. The monoisotopic (exact) mass is 310 g/mol. The molecule has 0 saturated carbocycles. The van der Waals surface area contributed by atoms with Crippen molar-refractivity contribution in [1.29, 1.82) is 0 Å². The number of rotatable bonds is 4. The Hall–Kier alpha value is -3.50. The number of aromatic carboxylic acids is 1. The summed E-state index contributed by atoms with van der Waals surface area (Å²) >= 11 is 0. The number of terminal acetylenes is 1. The van der Waals surface area contributed by atoms with E-state index in [1.807, 2.05) is 0 Å². The zero-order valence-electron chi connectivity index (χ0n) is 12.0. The number of aromatic nitrogens is 1. The van der Waals surface area contributed by atoms with E-state index in [9.17, 15) is 9.90 Å². The van der Waals surface area contributed by atoms with Gasteiger partial charge in [0.1, 0.15) is 11.3 Å². The summed E-state index contributed by atoms with van der Waals surface area (Å²) < 4.78 is 0. The number of anilines is 1. The molecule has 0 atom stereocenters. The van der Waals surface area contributed by atoms with Gasteiger partial charge in [-0.15, -0.1) is 6.42 Å². The SMILES string of the molecule is C#Cc1ccnc(/C(N)=C/N(N)c2ccc(C(=O)O)c(O)c2)c1. The van der Waals surface area contributed by atoms with Crippen LogP contribution >= 0.6 is 0 Å². The van der Waals surface area contributed by atoms with Crippen molar-refractivity contribution in [3.8, 4) is 18.1 Å². The summed E-state index contributed by atoms with van der Waals surface area (Å²) in [4.78, 5) is 15.0. The lowest BCUT2D eigenvalue weighted by molar-refractivity contribution is 0.0694. The molecule has 0 amide bonds. The van der Waals surface area contributed by atoms with Crippen LogP contribution in [0.3, 0.4) is 0 Å². The summed E-state index contributed by atoms with van der Waals surface area (Å²) in [5.74, 6) is 6.69. The second-order valence-electron chi connectivity index (χ2n) is 4.57. The minimum absolute atomic E-state index is 0.220. The Kier molecular flexibility index (Phi) is 4.50. The molecule has 23 heavy (non-hydrogen) atoms. The van der Waals surface area contributed by atoms with E-state index in [-0.39, 0.29) is 11.3 Å². The van der Waals surface area contributed by atoms with Crippen LogP contribution in [0.25, 0.3) is 5.70 Å². The molecule has 1 aromatic heterocycles. The molecule has 116 valence electrons. The smallest absolute Gasteiger partial charge is 0.339 e. The lowest BCUT2D eigenvalue weighted by Crippen LogP contribution is -2.25. The number of benzene rings is 1. The van der Waals surface area contributed by atoms with Crippen LogP contribution in [-0.4, -0.2) is 21.2 Å². The Balaban J connectivity index is 2.29. The second-order valence-corrected chi connectivity index (χ2v) is 4.57. The molecule has 2 aromatic rings.